The van der Waals surface area contributed by atoms with Crippen molar-refractivity contribution >= 4 is 17.6 Å². The first kappa shape index (κ1) is 27.9. The highest BCUT2D eigenvalue weighted by Crippen LogP contribution is 2.32. The molecule has 2 atom stereocenters. The van der Waals surface area contributed by atoms with Gasteiger partial charge in [0.1, 0.15) is 24.3 Å². The zero-order valence-corrected chi connectivity index (χ0v) is 21.8. The van der Waals surface area contributed by atoms with Crippen LogP contribution in [0.1, 0.15) is 12.5 Å². The lowest BCUT2D eigenvalue weighted by Crippen LogP contribution is -2.55. The molecule has 1 fully saturated rings. The fourth-order valence-electron chi connectivity index (χ4n) is 4.98. The lowest BCUT2D eigenvalue weighted by molar-refractivity contribution is -0.389. The normalized spacial score (nSPS) is 20.3. The van der Waals surface area contributed by atoms with Crippen molar-refractivity contribution in [3.63, 3.8) is 0 Å². The van der Waals surface area contributed by atoms with E-state index in [-0.39, 0.29) is 30.7 Å². The Morgan fingerprint density at radius 3 is 2.63 bits per heavy atom. The van der Waals surface area contributed by atoms with Crippen molar-refractivity contribution in [3.8, 4) is 17.5 Å². The van der Waals surface area contributed by atoms with Crippen molar-refractivity contribution in [2.45, 2.75) is 37.9 Å². The Labute approximate surface area is 231 Å². The van der Waals surface area contributed by atoms with E-state index in [0.717, 1.165) is 5.69 Å². The number of hydrogen-bond acceptors (Lipinski definition) is 8. The highest BCUT2D eigenvalue weighted by Gasteiger charge is 2.41. The van der Waals surface area contributed by atoms with Gasteiger partial charge in [0.25, 0.3) is 0 Å². The molecular weight excluding hydrogens is 551 g/mol. The number of ether oxygens (including phenoxy) is 3. The van der Waals surface area contributed by atoms with Crippen LogP contribution in [0.15, 0.2) is 54.7 Å². The van der Waals surface area contributed by atoms with Gasteiger partial charge in [0.15, 0.2) is 5.60 Å². The molecule has 0 saturated carbocycles. The molecule has 1 unspecified atom stereocenters. The topological polar surface area (TPSA) is 132 Å². The van der Waals surface area contributed by atoms with Gasteiger partial charge in [-0.2, -0.15) is 0 Å². The number of carboxylic acid groups (broad SMARTS) is 1. The summed E-state index contributed by atoms with van der Waals surface area (Å²) in [5, 5.41) is 20.7. The fraction of sp³-hybridized carbons (Fsp3) is 0.385. The zero-order valence-electron chi connectivity index (χ0n) is 21.8. The van der Waals surface area contributed by atoms with E-state index in [4.69, 9.17) is 9.47 Å². The first-order valence-electron chi connectivity index (χ1n) is 12.6. The predicted molar refractivity (Wildman–Crippen MR) is 137 cm³/mol. The van der Waals surface area contributed by atoms with Crippen LogP contribution in [0.2, 0.25) is 0 Å². The molecule has 0 aliphatic carbocycles. The second kappa shape index (κ2) is 10.7. The first-order chi connectivity index (χ1) is 19.4. The number of hydrogen-bond donors (Lipinski definition) is 1. The number of piperazine rings is 1. The largest absolute Gasteiger partial charge is 0.573 e. The number of anilines is 1. The van der Waals surface area contributed by atoms with Crippen molar-refractivity contribution in [1.29, 1.82) is 0 Å². The van der Waals surface area contributed by atoms with Crippen molar-refractivity contribution in [3.05, 3.63) is 70.4 Å². The summed E-state index contributed by atoms with van der Waals surface area (Å²) in [5.41, 5.74) is 0.698. The lowest BCUT2D eigenvalue weighted by Gasteiger charge is -2.41. The molecule has 0 bridgehead atoms. The van der Waals surface area contributed by atoms with Crippen LogP contribution in [-0.2, 0) is 13.0 Å². The number of carbonyl (C=O) groups is 1. The molecule has 0 radical (unpaired) electrons. The van der Waals surface area contributed by atoms with Gasteiger partial charge in [0.2, 0.25) is 0 Å². The molecule has 1 N–H and O–H groups in total. The molecule has 2 aromatic carbocycles. The summed E-state index contributed by atoms with van der Waals surface area (Å²) in [6, 6.07) is 12.4. The van der Waals surface area contributed by atoms with Crippen LogP contribution in [0.4, 0.5) is 29.5 Å². The van der Waals surface area contributed by atoms with Gasteiger partial charge in [-0.3, -0.25) is 4.57 Å². The fourth-order valence-corrected chi connectivity index (χ4v) is 4.98. The molecule has 12 nitrogen and oxygen atoms in total. The van der Waals surface area contributed by atoms with Crippen LogP contribution < -0.4 is 19.1 Å². The summed E-state index contributed by atoms with van der Waals surface area (Å²) in [6.07, 6.45) is -4.25. The summed E-state index contributed by atoms with van der Waals surface area (Å²) in [4.78, 5) is 29.5. The molecule has 1 saturated heterocycles. The minimum atomic E-state index is -4.79. The molecule has 3 heterocycles. The zero-order chi connectivity index (χ0) is 29.4. The van der Waals surface area contributed by atoms with E-state index >= 15 is 0 Å². The minimum absolute atomic E-state index is 0.150. The molecule has 2 aliphatic rings. The molecule has 3 aromatic rings. The third-order valence-corrected chi connectivity index (χ3v) is 6.84. The van der Waals surface area contributed by atoms with E-state index in [1.54, 1.807) is 10.6 Å². The maximum atomic E-state index is 12.5. The summed E-state index contributed by atoms with van der Waals surface area (Å²) in [7, 11) is 0. The van der Waals surface area contributed by atoms with Gasteiger partial charge in [0, 0.05) is 36.4 Å². The van der Waals surface area contributed by atoms with Crippen molar-refractivity contribution in [2.24, 2.45) is 0 Å². The number of imidazole rings is 1. The number of rotatable bonds is 8. The van der Waals surface area contributed by atoms with Crippen molar-refractivity contribution < 1.29 is 42.2 Å². The number of nitro groups is 1. The van der Waals surface area contributed by atoms with Crippen LogP contribution in [0.5, 0.6) is 17.5 Å². The third-order valence-electron chi connectivity index (χ3n) is 6.84. The Morgan fingerprint density at radius 2 is 1.98 bits per heavy atom. The van der Waals surface area contributed by atoms with E-state index in [2.05, 4.69) is 9.72 Å². The van der Waals surface area contributed by atoms with Gasteiger partial charge in [-0.25, -0.2) is 4.79 Å². The van der Waals surface area contributed by atoms with E-state index in [9.17, 15) is 33.2 Å². The number of aromatic nitrogens is 2. The Morgan fingerprint density at radius 1 is 1.22 bits per heavy atom. The predicted octanol–water partition coefficient (Wildman–Crippen LogP) is 4.33. The molecule has 218 valence electrons. The minimum Gasteiger partial charge on any atom is -0.489 e. The Kier molecular flexibility index (Phi) is 7.28. The molecule has 5 rings (SSSR count). The third kappa shape index (κ3) is 6.56. The highest BCUT2D eigenvalue weighted by molar-refractivity contribution is 5.66. The maximum Gasteiger partial charge on any atom is 0.573 e. The Hall–Kier alpha value is -4.69. The summed E-state index contributed by atoms with van der Waals surface area (Å²) in [5.74, 6) is -0.0776. The highest BCUT2D eigenvalue weighted by atomic mass is 19.4. The number of halogens is 3. The van der Waals surface area contributed by atoms with Gasteiger partial charge < -0.3 is 39.2 Å². The van der Waals surface area contributed by atoms with E-state index < -0.39 is 29.0 Å². The molecule has 0 spiro atoms. The standard InChI is InChI=1S/C26H26F3N5O7/c1-25(15-32-14-22(34(37)38)30-23(32)41-25)16-39-21-4-2-3-18(12-21)31-9-10-33(24(35)36)19(13-31)11-17-5-7-20(8-6-17)40-26(27,28)29/h2-8,12,14,19H,9-11,13,15-16H2,1H3,(H,35,36)/t19-,25?/m1/s1. The summed E-state index contributed by atoms with van der Waals surface area (Å²) in [6.45, 7) is 3.32. The van der Waals surface area contributed by atoms with Crippen molar-refractivity contribution in [2.75, 3.05) is 31.1 Å². The van der Waals surface area contributed by atoms with Crippen LogP contribution in [0, 0.1) is 10.1 Å². The van der Waals surface area contributed by atoms with Crippen LogP contribution in [-0.4, -0.2) is 74.8 Å². The second-order valence-corrected chi connectivity index (χ2v) is 10.1. The maximum absolute atomic E-state index is 12.5. The molecule has 1 aromatic heterocycles. The summed E-state index contributed by atoms with van der Waals surface area (Å²) < 4.78 is 54.7. The quantitative estimate of drug-likeness (QED) is 0.307. The van der Waals surface area contributed by atoms with Crippen LogP contribution in [0.3, 0.4) is 0 Å². The van der Waals surface area contributed by atoms with E-state index in [1.807, 2.05) is 30.0 Å². The van der Waals surface area contributed by atoms with E-state index in [1.165, 1.54) is 35.4 Å². The lowest BCUT2D eigenvalue weighted by atomic mass is 10.0. The number of amides is 1. The number of benzene rings is 2. The monoisotopic (exact) mass is 577 g/mol. The Bertz CT molecular complexity index is 1410. The molecule has 15 heteroatoms. The van der Waals surface area contributed by atoms with Crippen molar-refractivity contribution in [1.82, 2.24) is 14.5 Å². The smallest absolute Gasteiger partial charge is 0.489 e. The van der Waals surface area contributed by atoms with Crippen LogP contribution in [0.25, 0.3) is 0 Å². The first-order valence-corrected chi connectivity index (χ1v) is 12.6. The average molecular weight is 578 g/mol. The number of alkyl halides is 3. The summed E-state index contributed by atoms with van der Waals surface area (Å²) >= 11 is 0. The molecule has 2 aliphatic heterocycles. The average Bonchev–Trinajstić information content (AvgIpc) is 3.43. The second-order valence-electron chi connectivity index (χ2n) is 10.1. The van der Waals surface area contributed by atoms with Gasteiger partial charge in [-0.05, 0) is 48.1 Å². The molecule has 41 heavy (non-hydrogen) atoms. The molecule has 1 amide bonds. The van der Waals surface area contributed by atoms with Gasteiger partial charge >= 0.3 is 24.3 Å². The van der Waals surface area contributed by atoms with Crippen LogP contribution >= 0.6 is 0 Å². The van der Waals surface area contributed by atoms with Gasteiger partial charge in [0.05, 0.1) is 12.6 Å². The number of fused-ring (bicyclic) bond motifs is 1. The Balaban J connectivity index is 1.22. The van der Waals surface area contributed by atoms with Gasteiger partial charge in [-0.15, -0.1) is 13.2 Å². The van der Waals surface area contributed by atoms with Gasteiger partial charge in [-0.1, -0.05) is 18.2 Å². The number of nitrogens with zero attached hydrogens (tertiary/aromatic N) is 5. The van der Waals surface area contributed by atoms with E-state index in [0.29, 0.717) is 37.4 Å². The SMILES string of the molecule is CC1(COc2cccc(N3CCN(C(=O)O)[C@H](Cc4ccc(OC(F)(F)F)cc4)C3)c2)Cn2cc([N+](=O)[O-])nc2O1. The molecular formula is C26H26F3N5O7.